The molecule has 0 saturated heterocycles. The minimum absolute atomic E-state index is 0.0264. The van der Waals surface area contributed by atoms with E-state index in [1.807, 2.05) is 0 Å². The van der Waals surface area contributed by atoms with Gasteiger partial charge in [0.05, 0.1) is 11.5 Å². The number of rotatable bonds is 7. The predicted octanol–water partition coefficient (Wildman–Crippen LogP) is 2.54. The number of carbonyl (C=O) groups excluding carboxylic acids is 2. The van der Waals surface area contributed by atoms with Crippen LogP contribution in [0.4, 0.5) is 11.4 Å². The summed E-state index contributed by atoms with van der Waals surface area (Å²) in [7, 11) is 0. The molecule has 0 fully saturated rings. The van der Waals surface area contributed by atoms with Crippen LogP contribution in [0.2, 0.25) is 0 Å². The molecule has 10 nitrogen and oxygen atoms in total. The number of aromatic nitrogens is 2. The van der Waals surface area contributed by atoms with Crippen LogP contribution in [0.1, 0.15) is 21.9 Å². The average Bonchev–Trinajstić information content (AvgIpc) is 3.34. The molecule has 1 aromatic carbocycles. The largest absolute Gasteiger partial charge is 0.452 e. The van der Waals surface area contributed by atoms with E-state index >= 15 is 0 Å². The molecule has 0 radical (unpaired) electrons. The summed E-state index contributed by atoms with van der Waals surface area (Å²) in [6.45, 7) is 1.46. The van der Waals surface area contributed by atoms with Crippen molar-refractivity contribution in [3.63, 3.8) is 0 Å². The number of hydrogen-bond donors (Lipinski definition) is 1. The number of non-ortho nitro benzene ring substituents is 1. The number of benzene rings is 1. The van der Waals surface area contributed by atoms with Crippen molar-refractivity contribution in [2.75, 3.05) is 11.9 Å². The third-order valence-electron chi connectivity index (χ3n) is 3.77. The zero-order valence-electron chi connectivity index (χ0n) is 14.8. The number of nitro groups is 1. The second kappa shape index (κ2) is 8.16. The SMILES string of the molecule is Cc1cc([N+](=O)[O-])ccc1NC(=O)COC(=O)c1ccc(Cn2cccn2)o1. The zero-order valence-corrected chi connectivity index (χ0v) is 14.8. The van der Waals surface area contributed by atoms with Gasteiger partial charge in [0, 0.05) is 30.2 Å². The summed E-state index contributed by atoms with van der Waals surface area (Å²) in [6.07, 6.45) is 3.38. The van der Waals surface area contributed by atoms with Gasteiger partial charge in [-0.05, 0) is 36.8 Å². The molecule has 0 aliphatic carbocycles. The van der Waals surface area contributed by atoms with Gasteiger partial charge in [0.25, 0.3) is 11.6 Å². The number of furan rings is 1. The number of carbonyl (C=O) groups is 2. The predicted molar refractivity (Wildman–Crippen MR) is 96.8 cm³/mol. The van der Waals surface area contributed by atoms with Crippen molar-refractivity contribution in [2.45, 2.75) is 13.5 Å². The van der Waals surface area contributed by atoms with Crippen LogP contribution in [0.5, 0.6) is 0 Å². The maximum atomic E-state index is 12.0. The van der Waals surface area contributed by atoms with E-state index in [1.165, 1.54) is 24.3 Å². The van der Waals surface area contributed by atoms with E-state index in [4.69, 9.17) is 9.15 Å². The summed E-state index contributed by atoms with van der Waals surface area (Å²) < 4.78 is 12.0. The van der Waals surface area contributed by atoms with Crippen LogP contribution >= 0.6 is 0 Å². The number of anilines is 1. The monoisotopic (exact) mass is 384 g/mol. The van der Waals surface area contributed by atoms with Crippen molar-refractivity contribution < 1.29 is 23.7 Å². The van der Waals surface area contributed by atoms with Crippen molar-refractivity contribution in [1.29, 1.82) is 0 Å². The number of aryl methyl sites for hydroxylation is 1. The van der Waals surface area contributed by atoms with Crippen molar-refractivity contribution >= 4 is 23.3 Å². The Balaban J connectivity index is 1.52. The lowest BCUT2D eigenvalue weighted by Crippen LogP contribution is -2.21. The van der Waals surface area contributed by atoms with Gasteiger partial charge in [-0.1, -0.05) is 0 Å². The fourth-order valence-electron chi connectivity index (χ4n) is 2.42. The molecule has 3 aromatic rings. The number of amides is 1. The van der Waals surface area contributed by atoms with Gasteiger partial charge in [0.15, 0.2) is 6.61 Å². The summed E-state index contributed by atoms with van der Waals surface area (Å²) in [5, 5.41) is 17.3. The summed E-state index contributed by atoms with van der Waals surface area (Å²) in [5.74, 6) is -0.862. The number of nitro benzene ring substituents is 1. The van der Waals surface area contributed by atoms with E-state index in [1.54, 1.807) is 36.1 Å². The first-order chi connectivity index (χ1) is 13.4. The fraction of sp³-hybridized carbons (Fsp3) is 0.167. The molecule has 0 aliphatic rings. The maximum Gasteiger partial charge on any atom is 0.374 e. The van der Waals surface area contributed by atoms with E-state index in [2.05, 4.69) is 10.4 Å². The molecule has 0 spiro atoms. The van der Waals surface area contributed by atoms with Gasteiger partial charge >= 0.3 is 5.97 Å². The molecule has 10 heteroatoms. The summed E-state index contributed by atoms with van der Waals surface area (Å²) in [6, 6.07) is 8.88. The summed E-state index contributed by atoms with van der Waals surface area (Å²) >= 11 is 0. The van der Waals surface area contributed by atoms with Crippen LogP contribution in [0.25, 0.3) is 0 Å². The first-order valence-electron chi connectivity index (χ1n) is 8.20. The number of hydrogen-bond acceptors (Lipinski definition) is 7. The molecule has 1 N–H and O–H groups in total. The fourth-order valence-corrected chi connectivity index (χ4v) is 2.42. The third kappa shape index (κ3) is 4.61. The highest BCUT2D eigenvalue weighted by molar-refractivity contribution is 5.95. The van der Waals surface area contributed by atoms with Gasteiger partial charge < -0.3 is 14.5 Å². The minimum atomic E-state index is -0.776. The Kier molecular flexibility index (Phi) is 5.49. The van der Waals surface area contributed by atoms with Gasteiger partial charge in [0.1, 0.15) is 5.76 Å². The lowest BCUT2D eigenvalue weighted by atomic mass is 10.2. The second-order valence-corrected chi connectivity index (χ2v) is 5.85. The van der Waals surface area contributed by atoms with E-state index < -0.39 is 23.4 Å². The van der Waals surface area contributed by atoms with E-state index in [0.29, 0.717) is 23.6 Å². The molecular weight excluding hydrogens is 368 g/mol. The molecule has 0 bridgehead atoms. The Morgan fingerprint density at radius 1 is 1.32 bits per heavy atom. The van der Waals surface area contributed by atoms with Crippen molar-refractivity contribution in [2.24, 2.45) is 0 Å². The summed E-state index contributed by atoms with van der Waals surface area (Å²) in [5.41, 5.74) is 0.833. The Hall–Kier alpha value is -3.95. The van der Waals surface area contributed by atoms with Gasteiger partial charge in [-0.25, -0.2) is 4.79 Å². The highest BCUT2D eigenvalue weighted by Crippen LogP contribution is 2.21. The topological polar surface area (TPSA) is 130 Å². The van der Waals surface area contributed by atoms with Crippen LogP contribution in [-0.2, 0) is 16.1 Å². The molecule has 0 atom stereocenters. The molecule has 1 amide bonds. The van der Waals surface area contributed by atoms with Crippen molar-refractivity contribution in [3.8, 4) is 0 Å². The quantitative estimate of drug-likeness (QED) is 0.376. The summed E-state index contributed by atoms with van der Waals surface area (Å²) in [4.78, 5) is 34.2. The Labute approximate surface area is 158 Å². The standard InChI is InChI=1S/C18H16N4O6/c1-12-9-13(22(25)26)3-5-15(12)20-17(23)11-27-18(24)16-6-4-14(28-16)10-21-8-2-7-19-21/h2-9H,10-11H2,1H3,(H,20,23). The molecule has 0 unspecified atom stereocenters. The van der Waals surface area contributed by atoms with Crippen molar-refractivity contribution in [1.82, 2.24) is 9.78 Å². The Morgan fingerprint density at radius 2 is 2.14 bits per heavy atom. The zero-order chi connectivity index (χ0) is 20.1. The molecule has 144 valence electrons. The van der Waals surface area contributed by atoms with Crippen LogP contribution in [0.15, 0.2) is 53.2 Å². The first kappa shape index (κ1) is 18.8. The van der Waals surface area contributed by atoms with Crippen LogP contribution in [-0.4, -0.2) is 33.2 Å². The van der Waals surface area contributed by atoms with Crippen molar-refractivity contribution in [3.05, 3.63) is 76.0 Å². The van der Waals surface area contributed by atoms with Gasteiger partial charge in [-0.3, -0.25) is 19.6 Å². The number of nitrogens with zero attached hydrogens (tertiary/aromatic N) is 3. The third-order valence-corrected chi connectivity index (χ3v) is 3.77. The van der Waals surface area contributed by atoms with Gasteiger partial charge in [-0.15, -0.1) is 0 Å². The average molecular weight is 384 g/mol. The lowest BCUT2D eigenvalue weighted by molar-refractivity contribution is -0.384. The second-order valence-electron chi connectivity index (χ2n) is 5.85. The molecule has 2 aromatic heterocycles. The molecule has 0 saturated carbocycles. The molecule has 2 heterocycles. The molecule has 3 rings (SSSR count). The van der Waals surface area contributed by atoms with Gasteiger partial charge in [0.2, 0.25) is 5.76 Å². The number of esters is 1. The van der Waals surface area contributed by atoms with E-state index in [9.17, 15) is 19.7 Å². The Morgan fingerprint density at radius 3 is 2.82 bits per heavy atom. The van der Waals surface area contributed by atoms with E-state index in [-0.39, 0.29) is 11.4 Å². The Bertz CT molecular complexity index is 1010. The molecular formula is C18H16N4O6. The number of nitrogens with one attached hydrogen (secondary N) is 1. The molecule has 0 aliphatic heterocycles. The lowest BCUT2D eigenvalue weighted by Gasteiger charge is -2.08. The normalized spacial score (nSPS) is 10.5. The van der Waals surface area contributed by atoms with Gasteiger partial charge in [-0.2, -0.15) is 5.10 Å². The molecule has 28 heavy (non-hydrogen) atoms. The van der Waals surface area contributed by atoms with Crippen LogP contribution < -0.4 is 5.32 Å². The highest BCUT2D eigenvalue weighted by Gasteiger charge is 2.16. The number of ether oxygens (including phenoxy) is 1. The first-order valence-corrected chi connectivity index (χ1v) is 8.20. The highest BCUT2D eigenvalue weighted by atomic mass is 16.6. The van der Waals surface area contributed by atoms with E-state index in [0.717, 1.165) is 0 Å². The maximum absolute atomic E-state index is 12.0. The minimum Gasteiger partial charge on any atom is -0.452 e. The smallest absolute Gasteiger partial charge is 0.374 e. The van der Waals surface area contributed by atoms with Crippen LogP contribution in [0.3, 0.4) is 0 Å². The van der Waals surface area contributed by atoms with Crippen LogP contribution in [0, 0.1) is 17.0 Å².